The van der Waals surface area contributed by atoms with E-state index < -0.39 is 6.29 Å². The molecule has 2 aromatic rings. The van der Waals surface area contributed by atoms with Crippen LogP contribution in [0.25, 0.3) is 0 Å². The summed E-state index contributed by atoms with van der Waals surface area (Å²) < 4.78 is 1.57. The predicted molar refractivity (Wildman–Crippen MR) is 105 cm³/mol. The summed E-state index contributed by atoms with van der Waals surface area (Å²) in [5.74, 6) is 0.0422. The fourth-order valence-electron chi connectivity index (χ4n) is 3.10. The van der Waals surface area contributed by atoms with Gasteiger partial charge in [0.2, 0.25) is 5.91 Å². The molecular weight excluding hydrogens is 389 g/mol. The lowest BCUT2D eigenvalue weighted by Gasteiger charge is -2.32. The van der Waals surface area contributed by atoms with Crippen molar-refractivity contribution in [3.8, 4) is 0 Å². The second kappa shape index (κ2) is 8.29. The van der Waals surface area contributed by atoms with E-state index in [-0.39, 0.29) is 17.9 Å². The highest BCUT2D eigenvalue weighted by Gasteiger charge is 2.28. The van der Waals surface area contributed by atoms with Gasteiger partial charge in [-0.1, -0.05) is 36.5 Å². The zero-order chi connectivity index (χ0) is 19.6. The Morgan fingerprint density at radius 3 is 2.67 bits per heavy atom. The molecule has 2 heterocycles. The Kier molecular flexibility index (Phi) is 6.04. The van der Waals surface area contributed by atoms with Crippen LogP contribution in [0, 0.1) is 6.92 Å². The fraction of sp³-hybridized carbons (Fsp3) is 0.389. The first kappa shape index (κ1) is 19.7. The first-order valence-corrected chi connectivity index (χ1v) is 9.50. The van der Waals surface area contributed by atoms with E-state index in [1.54, 1.807) is 16.8 Å². The highest BCUT2D eigenvalue weighted by molar-refractivity contribution is 6.35. The number of nitrogens with zero attached hydrogens (tertiary/aromatic N) is 2. The van der Waals surface area contributed by atoms with Gasteiger partial charge in [0.1, 0.15) is 5.82 Å². The quantitative estimate of drug-likeness (QED) is 0.704. The third-order valence-electron chi connectivity index (χ3n) is 4.23. The number of benzene rings is 1. The molecule has 2 unspecified atom stereocenters. The maximum Gasteiger partial charge on any atom is 0.256 e. The molecule has 2 amide bonds. The Balaban J connectivity index is 1.83. The van der Waals surface area contributed by atoms with Crippen LogP contribution in [0.2, 0.25) is 10.0 Å². The van der Waals surface area contributed by atoms with E-state index in [2.05, 4.69) is 28.0 Å². The molecule has 1 aromatic carbocycles. The van der Waals surface area contributed by atoms with Crippen LogP contribution >= 0.6 is 23.2 Å². The molecule has 0 spiro atoms. The van der Waals surface area contributed by atoms with Crippen molar-refractivity contribution in [3.63, 3.8) is 0 Å². The maximum absolute atomic E-state index is 12.6. The number of carbonyl (C=O) groups excluding carboxylic acids is 2. The van der Waals surface area contributed by atoms with E-state index in [9.17, 15) is 9.59 Å². The molecule has 7 nitrogen and oxygen atoms in total. The lowest BCUT2D eigenvalue weighted by molar-refractivity contribution is -0.125. The zero-order valence-electron chi connectivity index (χ0n) is 15.1. The number of carbonyl (C=O) groups is 2. The SMILES string of the molecule is CCCC1CC(=O)NC(n2nc(C)cc2NC(=O)c2cc(Cl)cc(Cl)c2)N1. The smallest absolute Gasteiger partial charge is 0.256 e. The number of rotatable bonds is 5. The molecule has 0 aliphatic carbocycles. The zero-order valence-corrected chi connectivity index (χ0v) is 16.6. The van der Waals surface area contributed by atoms with Crippen molar-refractivity contribution in [2.75, 3.05) is 5.32 Å². The molecule has 1 aliphatic heterocycles. The van der Waals surface area contributed by atoms with E-state index >= 15 is 0 Å². The van der Waals surface area contributed by atoms with Crippen molar-refractivity contribution in [1.29, 1.82) is 0 Å². The Hall–Kier alpha value is -2.09. The maximum atomic E-state index is 12.6. The number of nitrogens with one attached hydrogen (secondary N) is 3. The first-order chi connectivity index (χ1) is 12.9. The van der Waals surface area contributed by atoms with Crippen LogP contribution in [0.5, 0.6) is 0 Å². The number of halogens is 2. The van der Waals surface area contributed by atoms with Gasteiger partial charge in [-0.25, -0.2) is 4.68 Å². The lowest BCUT2D eigenvalue weighted by Crippen LogP contribution is -2.53. The van der Waals surface area contributed by atoms with Crippen LogP contribution in [0.3, 0.4) is 0 Å². The third-order valence-corrected chi connectivity index (χ3v) is 4.67. The first-order valence-electron chi connectivity index (χ1n) is 8.74. The molecular formula is C18H21Cl2N5O2. The number of anilines is 1. The molecule has 3 N–H and O–H groups in total. The van der Waals surface area contributed by atoms with Gasteiger partial charge in [-0.05, 0) is 31.5 Å². The monoisotopic (exact) mass is 409 g/mol. The molecule has 2 atom stereocenters. The highest BCUT2D eigenvalue weighted by Crippen LogP contribution is 2.22. The van der Waals surface area contributed by atoms with Crippen LogP contribution in [-0.4, -0.2) is 27.6 Å². The van der Waals surface area contributed by atoms with E-state index in [1.165, 1.54) is 12.1 Å². The van der Waals surface area contributed by atoms with Crippen LogP contribution < -0.4 is 16.0 Å². The highest BCUT2D eigenvalue weighted by atomic mass is 35.5. The van der Waals surface area contributed by atoms with Crippen LogP contribution in [0.15, 0.2) is 24.3 Å². The molecule has 1 aromatic heterocycles. The average Bonchev–Trinajstić information content (AvgIpc) is 2.94. The van der Waals surface area contributed by atoms with Crippen LogP contribution in [0.4, 0.5) is 5.82 Å². The summed E-state index contributed by atoms with van der Waals surface area (Å²) >= 11 is 12.0. The summed E-state index contributed by atoms with van der Waals surface area (Å²) in [7, 11) is 0. The minimum atomic E-state index is -0.533. The molecule has 1 fully saturated rings. The summed E-state index contributed by atoms with van der Waals surface area (Å²) in [6.45, 7) is 3.89. The number of aryl methyl sites for hydroxylation is 1. The molecule has 0 saturated carbocycles. The van der Waals surface area contributed by atoms with Gasteiger partial charge in [-0.3, -0.25) is 14.9 Å². The van der Waals surface area contributed by atoms with Gasteiger partial charge in [0.25, 0.3) is 5.91 Å². The molecule has 9 heteroatoms. The summed E-state index contributed by atoms with van der Waals surface area (Å²) in [6, 6.07) is 6.43. The van der Waals surface area contributed by atoms with Gasteiger partial charge >= 0.3 is 0 Å². The van der Waals surface area contributed by atoms with E-state index in [0.717, 1.165) is 12.8 Å². The third kappa shape index (κ3) is 4.80. The van der Waals surface area contributed by atoms with Crippen molar-refractivity contribution in [2.24, 2.45) is 0 Å². The summed E-state index contributed by atoms with van der Waals surface area (Å²) in [5, 5.41) is 14.2. The number of aromatic nitrogens is 2. The molecule has 3 rings (SSSR count). The van der Waals surface area contributed by atoms with Gasteiger partial charge in [0.15, 0.2) is 6.29 Å². The van der Waals surface area contributed by atoms with E-state index in [4.69, 9.17) is 23.2 Å². The normalized spacial score (nSPS) is 19.6. The number of hydrogen-bond donors (Lipinski definition) is 3. The fourth-order valence-corrected chi connectivity index (χ4v) is 3.63. The minimum Gasteiger partial charge on any atom is -0.322 e. The van der Waals surface area contributed by atoms with Crippen LogP contribution in [0.1, 0.15) is 48.5 Å². The predicted octanol–water partition coefficient (Wildman–Crippen LogP) is 3.48. The van der Waals surface area contributed by atoms with E-state index in [0.29, 0.717) is 33.5 Å². The average molecular weight is 410 g/mol. The topological polar surface area (TPSA) is 88.1 Å². The van der Waals surface area contributed by atoms with Gasteiger partial charge in [-0.15, -0.1) is 0 Å². The van der Waals surface area contributed by atoms with Crippen molar-refractivity contribution >= 4 is 40.8 Å². The van der Waals surface area contributed by atoms with Crippen LogP contribution in [-0.2, 0) is 4.79 Å². The van der Waals surface area contributed by atoms with Gasteiger partial charge < -0.3 is 10.6 Å². The lowest BCUT2D eigenvalue weighted by atomic mass is 10.1. The minimum absolute atomic E-state index is 0.0516. The largest absolute Gasteiger partial charge is 0.322 e. The number of amides is 2. The summed E-state index contributed by atoms with van der Waals surface area (Å²) in [5.41, 5.74) is 1.05. The Bertz CT molecular complexity index is 847. The van der Waals surface area contributed by atoms with Crippen molar-refractivity contribution < 1.29 is 9.59 Å². The van der Waals surface area contributed by atoms with Crippen molar-refractivity contribution in [2.45, 2.75) is 45.4 Å². The van der Waals surface area contributed by atoms with Crippen molar-refractivity contribution in [3.05, 3.63) is 45.6 Å². The molecule has 1 saturated heterocycles. The van der Waals surface area contributed by atoms with Crippen molar-refractivity contribution in [1.82, 2.24) is 20.4 Å². The molecule has 1 aliphatic rings. The van der Waals surface area contributed by atoms with E-state index in [1.807, 2.05) is 6.92 Å². The Morgan fingerprint density at radius 2 is 2.00 bits per heavy atom. The van der Waals surface area contributed by atoms with Gasteiger partial charge in [-0.2, -0.15) is 5.10 Å². The molecule has 27 heavy (non-hydrogen) atoms. The second-order valence-corrected chi connectivity index (χ2v) is 7.43. The Labute approximate surface area is 167 Å². The van der Waals surface area contributed by atoms with Gasteiger partial charge in [0, 0.05) is 34.1 Å². The second-order valence-electron chi connectivity index (χ2n) is 6.55. The molecule has 144 valence electrons. The number of hydrogen-bond acceptors (Lipinski definition) is 4. The summed E-state index contributed by atoms with van der Waals surface area (Å²) in [6.07, 6.45) is 1.74. The molecule has 0 radical (unpaired) electrons. The van der Waals surface area contributed by atoms with Gasteiger partial charge in [0.05, 0.1) is 5.69 Å². The standard InChI is InChI=1S/C18H21Cl2N5O2/c1-3-4-14-9-16(26)23-18(21-14)25-15(5-10(2)24-25)22-17(27)11-6-12(19)8-13(20)7-11/h5-8,14,18,21H,3-4,9H2,1-2H3,(H,22,27)(H,23,26). The molecule has 0 bridgehead atoms. The summed E-state index contributed by atoms with van der Waals surface area (Å²) in [4.78, 5) is 24.7. The Morgan fingerprint density at radius 1 is 1.30 bits per heavy atom.